The van der Waals surface area contributed by atoms with Crippen LogP contribution in [0.15, 0.2) is 35.3 Å². The van der Waals surface area contributed by atoms with E-state index < -0.39 is 11.4 Å². The van der Waals surface area contributed by atoms with Crippen LogP contribution in [0.5, 0.6) is 5.75 Å². The normalized spacial score (nSPS) is 16.1. The van der Waals surface area contributed by atoms with Gasteiger partial charge in [-0.05, 0) is 17.5 Å². The van der Waals surface area contributed by atoms with Gasteiger partial charge in [0.05, 0.1) is 42.0 Å². The molecule has 0 aliphatic carbocycles. The van der Waals surface area contributed by atoms with Gasteiger partial charge in [0.2, 0.25) is 0 Å². The molecule has 7 nitrogen and oxygen atoms in total. The van der Waals surface area contributed by atoms with Gasteiger partial charge < -0.3 is 14.4 Å². The van der Waals surface area contributed by atoms with Gasteiger partial charge in [-0.2, -0.15) is 5.10 Å². The average Bonchev–Trinajstić information content (AvgIpc) is 2.98. The van der Waals surface area contributed by atoms with Crippen LogP contribution in [0.3, 0.4) is 0 Å². The molecule has 0 saturated carbocycles. The highest BCUT2D eigenvalue weighted by Crippen LogP contribution is 2.43. The molecule has 1 aromatic carbocycles. The number of carboxylic acids is 1. The van der Waals surface area contributed by atoms with Gasteiger partial charge >= 0.3 is 5.97 Å². The molecule has 3 heterocycles. The lowest BCUT2D eigenvalue weighted by atomic mass is 9.85. The summed E-state index contributed by atoms with van der Waals surface area (Å²) in [6.07, 6.45) is 1.47. The highest BCUT2D eigenvalue weighted by Gasteiger charge is 2.35. The molecule has 0 bridgehead atoms. The van der Waals surface area contributed by atoms with E-state index in [0.717, 1.165) is 16.6 Å². The van der Waals surface area contributed by atoms with Crippen molar-refractivity contribution in [3.63, 3.8) is 0 Å². The summed E-state index contributed by atoms with van der Waals surface area (Å²) < 4.78 is 9.33. The minimum atomic E-state index is -1.22. The van der Waals surface area contributed by atoms with Crippen molar-refractivity contribution >= 4 is 16.9 Å². The Balaban J connectivity index is 2.12. The van der Waals surface area contributed by atoms with Gasteiger partial charge in [0.1, 0.15) is 11.3 Å². The van der Waals surface area contributed by atoms with Crippen LogP contribution in [-0.2, 0) is 6.54 Å². The van der Waals surface area contributed by atoms with Crippen molar-refractivity contribution in [2.24, 2.45) is 5.41 Å². The summed E-state index contributed by atoms with van der Waals surface area (Å²) in [6, 6.07) is 6.99. The van der Waals surface area contributed by atoms with Gasteiger partial charge in [-0.25, -0.2) is 4.79 Å². The van der Waals surface area contributed by atoms with Crippen molar-refractivity contribution in [1.82, 2.24) is 14.3 Å². The summed E-state index contributed by atoms with van der Waals surface area (Å²) in [6.45, 7) is 6.85. The van der Waals surface area contributed by atoms with Gasteiger partial charge in [0.15, 0.2) is 5.43 Å². The number of carboxylic acid groups (broad SMARTS) is 1. The number of methoxy groups -OCH3 is 1. The van der Waals surface area contributed by atoms with Crippen molar-refractivity contribution in [1.29, 1.82) is 0 Å². The molecule has 3 aromatic rings. The first kappa shape index (κ1) is 17.3. The third kappa shape index (κ3) is 2.53. The molecule has 0 amide bonds. The molecule has 0 saturated heterocycles. The fourth-order valence-electron chi connectivity index (χ4n) is 3.81. The molecular weight excluding hydrogens is 346 g/mol. The maximum atomic E-state index is 12.5. The predicted molar refractivity (Wildman–Crippen MR) is 101 cm³/mol. The number of aromatic carboxylic acids is 1. The predicted octanol–water partition coefficient (Wildman–Crippen LogP) is 3.17. The molecule has 1 aliphatic rings. The standard InChI is InChI=1S/C20H21N3O4/c1-20(2,3)16-10-23-18(17-12(21-23)6-5-7-15(17)27-4)13-8-14(24)11(19(25)26)9-22(13)16/h5-9,16H,10H2,1-4H3,(H,25,26)/t16-/m0/s1. The second-order valence-electron chi connectivity index (χ2n) is 7.92. The van der Waals surface area contributed by atoms with E-state index in [1.165, 1.54) is 12.3 Å². The number of rotatable bonds is 2. The third-order valence-corrected chi connectivity index (χ3v) is 5.18. The Kier molecular flexibility index (Phi) is 3.66. The van der Waals surface area contributed by atoms with E-state index in [4.69, 9.17) is 9.84 Å². The van der Waals surface area contributed by atoms with Crippen LogP contribution < -0.4 is 10.2 Å². The number of pyridine rings is 1. The molecular formula is C20H21N3O4. The van der Waals surface area contributed by atoms with E-state index in [1.807, 2.05) is 27.4 Å². The Bertz CT molecular complexity index is 1130. The Labute approximate surface area is 155 Å². The molecule has 0 fully saturated rings. The Hall–Kier alpha value is -3.09. The summed E-state index contributed by atoms with van der Waals surface area (Å²) in [5, 5.41) is 15.0. The molecule has 140 valence electrons. The summed E-state index contributed by atoms with van der Waals surface area (Å²) in [5.74, 6) is -0.547. The van der Waals surface area contributed by atoms with Gasteiger partial charge in [-0.1, -0.05) is 26.8 Å². The number of fused-ring (bicyclic) bond motifs is 5. The monoisotopic (exact) mass is 367 g/mol. The largest absolute Gasteiger partial charge is 0.496 e. The van der Waals surface area contributed by atoms with Crippen LogP contribution in [0.4, 0.5) is 0 Å². The van der Waals surface area contributed by atoms with E-state index in [1.54, 1.807) is 7.11 Å². The smallest absolute Gasteiger partial charge is 0.341 e. The molecule has 1 atom stereocenters. The number of benzene rings is 1. The quantitative estimate of drug-likeness (QED) is 0.752. The number of hydrogen-bond donors (Lipinski definition) is 1. The van der Waals surface area contributed by atoms with Crippen LogP contribution in [0, 0.1) is 5.41 Å². The number of carbonyl (C=O) groups is 1. The summed E-state index contributed by atoms with van der Waals surface area (Å²) in [4.78, 5) is 24.0. The van der Waals surface area contributed by atoms with E-state index in [-0.39, 0.29) is 17.0 Å². The topological polar surface area (TPSA) is 86.3 Å². The van der Waals surface area contributed by atoms with Gasteiger partial charge in [-0.15, -0.1) is 0 Å². The van der Waals surface area contributed by atoms with Crippen LogP contribution >= 0.6 is 0 Å². The van der Waals surface area contributed by atoms with Crippen molar-refractivity contribution < 1.29 is 14.6 Å². The maximum absolute atomic E-state index is 12.5. The highest BCUT2D eigenvalue weighted by molar-refractivity contribution is 5.98. The molecule has 27 heavy (non-hydrogen) atoms. The zero-order valence-electron chi connectivity index (χ0n) is 15.7. The summed E-state index contributed by atoms with van der Waals surface area (Å²) in [5.41, 5.74) is 1.30. The van der Waals surface area contributed by atoms with Crippen molar-refractivity contribution in [2.45, 2.75) is 33.4 Å². The highest BCUT2D eigenvalue weighted by atomic mass is 16.5. The second-order valence-corrected chi connectivity index (χ2v) is 7.92. The first-order chi connectivity index (χ1) is 12.7. The van der Waals surface area contributed by atoms with Crippen molar-refractivity contribution in [3.05, 3.63) is 46.2 Å². The molecule has 0 spiro atoms. The van der Waals surface area contributed by atoms with Crippen LogP contribution in [-0.4, -0.2) is 32.5 Å². The lowest BCUT2D eigenvalue weighted by Crippen LogP contribution is -2.35. The number of aromatic nitrogens is 3. The van der Waals surface area contributed by atoms with E-state index in [0.29, 0.717) is 18.0 Å². The number of hydrogen-bond acceptors (Lipinski definition) is 4. The molecule has 0 radical (unpaired) electrons. The zero-order chi connectivity index (χ0) is 19.5. The Morgan fingerprint density at radius 1 is 1.33 bits per heavy atom. The molecule has 1 aliphatic heterocycles. The van der Waals surface area contributed by atoms with Crippen LogP contribution in [0.25, 0.3) is 22.3 Å². The minimum Gasteiger partial charge on any atom is -0.496 e. The third-order valence-electron chi connectivity index (χ3n) is 5.18. The van der Waals surface area contributed by atoms with E-state index in [2.05, 4.69) is 20.8 Å². The van der Waals surface area contributed by atoms with Crippen molar-refractivity contribution in [3.8, 4) is 17.1 Å². The number of ether oxygens (including phenoxy) is 1. The molecule has 7 heteroatoms. The lowest BCUT2D eigenvalue weighted by molar-refractivity contribution is 0.0693. The van der Waals surface area contributed by atoms with Gasteiger partial charge in [0, 0.05) is 12.3 Å². The SMILES string of the molecule is COc1cccc2nn3c(c12)-c1cc(=O)c(C(=O)O)cn1[C@H](C(C)(C)C)C3. The number of nitrogens with zero attached hydrogens (tertiary/aromatic N) is 3. The van der Waals surface area contributed by atoms with Crippen LogP contribution in [0.1, 0.15) is 37.2 Å². The van der Waals surface area contributed by atoms with Crippen molar-refractivity contribution in [2.75, 3.05) is 7.11 Å². The second kappa shape index (κ2) is 5.70. The summed E-state index contributed by atoms with van der Waals surface area (Å²) >= 11 is 0. The lowest BCUT2D eigenvalue weighted by Gasteiger charge is -2.38. The fourth-order valence-corrected chi connectivity index (χ4v) is 3.81. The van der Waals surface area contributed by atoms with E-state index >= 15 is 0 Å². The van der Waals surface area contributed by atoms with Gasteiger partial charge in [0.25, 0.3) is 0 Å². The molecule has 2 aromatic heterocycles. The average molecular weight is 367 g/mol. The maximum Gasteiger partial charge on any atom is 0.341 e. The Morgan fingerprint density at radius 3 is 2.70 bits per heavy atom. The molecule has 4 rings (SSSR count). The molecule has 1 N–H and O–H groups in total. The Morgan fingerprint density at radius 2 is 2.07 bits per heavy atom. The van der Waals surface area contributed by atoms with Gasteiger partial charge in [-0.3, -0.25) is 9.48 Å². The minimum absolute atomic E-state index is 0.0565. The zero-order valence-corrected chi connectivity index (χ0v) is 15.7. The van der Waals surface area contributed by atoms with E-state index in [9.17, 15) is 14.7 Å². The fraction of sp³-hybridized carbons (Fsp3) is 0.350. The molecule has 0 unspecified atom stereocenters. The summed E-state index contributed by atoms with van der Waals surface area (Å²) in [7, 11) is 1.60. The first-order valence-electron chi connectivity index (χ1n) is 8.75. The first-order valence-corrected chi connectivity index (χ1v) is 8.75. The van der Waals surface area contributed by atoms with Crippen LogP contribution in [0.2, 0.25) is 0 Å².